The van der Waals surface area contributed by atoms with Crippen LogP contribution in [0.5, 0.6) is 0 Å². The van der Waals surface area contributed by atoms with Crippen LogP contribution in [0.2, 0.25) is 0 Å². The second-order valence-corrected chi connectivity index (χ2v) is 7.56. The third-order valence-electron chi connectivity index (χ3n) is 4.34. The lowest BCUT2D eigenvalue weighted by Gasteiger charge is -2.26. The number of aromatic nitrogens is 2. The van der Waals surface area contributed by atoms with Crippen molar-refractivity contribution in [1.29, 1.82) is 0 Å². The fourth-order valence-corrected chi connectivity index (χ4v) is 3.89. The Kier molecular flexibility index (Phi) is 3.95. The average Bonchev–Trinajstić information content (AvgIpc) is 3.00. The van der Waals surface area contributed by atoms with E-state index in [1.54, 1.807) is 0 Å². The molecule has 0 unspecified atom stereocenters. The number of anilines is 1. The minimum absolute atomic E-state index is 0.307. The van der Waals surface area contributed by atoms with Gasteiger partial charge in [0, 0.05) is 32.0 Å². The number of hydrogen-bond donors (Lipinski definition) is 1. The molecule has 1 fully saturated rings. The van der Waals surface area contributed by atoms with Crippen LogP contribution in [0.15, 0.2) is 30.3 Å². The van der Waals surface area contributed by atoms with E-state index in [9.17, 15) is 0 Å². The van der Waals surface area contributed by atoms with Crippen molar-refractivity contribution in [3.8, 4) is 0 Å². The highest BCUT2D eigenvalue weighted by Gasteiger charge is 2.39. The highest BCUT2D eigenvalue weighted by atomic mass is 32.1. The van der Waals surface area contributed by atoms with Crippen molar-refractivity contribution >= 4 is 16.5 Å². The summed E-state index contributed by atoms with van der Waals surface area (Å²) in [4.78, 5) is 2.54. The lowest BCUT2D eigenvalue weighted by Crippen LogP contribution is -2.25. The van der Waals surface area contributed by atoms with Crippen LogP contribution in [0, 0.1) is 5.41 Å². The molecule has 0 bridgehead atoms. The number of nitrogens with two attached hydrogens (primary N) is 1. The zero-order valence-electron chi connectivity index (χ0n) is 12.6. The normalized spacial score (nSPS) is 21.7. The van der Waals surface area contributed by atoms with Gasteiger partial charge in [-0.15, -0.1) is 10.2 Å². The van der Waals surface area contributed by atoms with E-state index in [1.807, 2.05) is 0 Å². The number of benzene rings is 1. The largest absolute Gasteiger partial charge is 0.374 e. The topological polar surface area (TPSA) is 55.0 Å². The van der Waals surface area contributed by atoms with Gasteiger partial charge in [0.2, 0.25) is 5.13 Å². The van der Waals surface area contributed by atoms with Gasteiger partial charge >= 0.3 is 0 Å². The molecule has 1 aromatic heterocycles. The molecule has 2 aromatic rings. The van der Waals surface area contributed by atoms with Crippen molar-refractivity contribution in [3.05, 3.63) is 40.9 Å². The van der Waals surface area contributed by atoms with E-state index in [0.717, 1.165) is 31.1 Å². The molecule has 4 nitrogen and oxygen atoms in total. The second-order valence-electron chi connectivity index (χ2n) is 6.47. The maximum absolute atomic E-state index is 5.63. The van der Waals surface area contributed by atoms with E-state index in [-0.39, 0.29) is 0 Å². The van der Waals surface area contributed by atoms with Crippen LogP contribution in [-0.2, 0) is 6.42 Å². The summed E-state index contributed by atoms with van der Waals surface area (Å²) in [7, 11) is 0. The number of likely N-dealkylation sites (tertiary alicyclic amines) is 1. The van der Waals surface area contributed by atoms with Gasteiger partial charge < -0.3 is 10.6 Å². The van der Waals surface area contributed by atoms with E-state index >= 15 is 0 Å². The molecule has 0 saturated carbocycles. The van der Waals surface area contributed by atoms with E-state index in [4.69, 9.17) is 5.73 Å². The quantitative estimate of drug-likeness (QED) is 0.943. The minimum Gasteiger partial charge on any atom is -0.374 e. The fraction of sp³-hybridized carbons (Fsp3) is 0.500. The molecule has 112 valence electrons. The Hall–Kier alpha value is -1.46. The van der Waals surface area contributed by atoms with Crippen LogP contribution in [0.1, 0.15) is 30.3 Å². The summed E-state index contributed by atoms with van der Waals surface area (Å²) in [5, 5.41) is 9.59. The summed E-state index contributed by atoms with van der Waals surface area (Å²) in [6.45, 7) is 8.01. The van der Waals surface area contributed by atoms with Crippen LogP contribution >= 0.6 is 11.3 Å². The molecule has 21 heavy (non-hydrogen) atoms. The Morgan fingerprint density at radius 2 is 2.05 bits per heavy atom. The first kappa shape index (κ1) is 14.5. The number of nitrogen functional groups attached to an aromatic ring is 1. The zero-order valence-corrected chi connectivity index (χ0v) is 13.4. The monoisotopic (exact) mass is 302 g/mol. The molecular formula is C16H22N4S. The van der Waals surface area contributed by atoms with Gasteiger partial charge in [0.25, 0.3) is 0 Å². The van der Waals surface area contributed by atoms with Gasteiger partial charge in [0.1, 0.15) is 5.01 Å². The van der Waals surface area contributed by atoms with Crippen LogP contribution in [0.3, 0.4) is 0 Å². The van der Waals surface area contributed by atoms with E-state index < -0.39 is 0 Å². The molecule has 1 saturated heterocycles. The van der Waals surface area contributed by atoms with Crippen LogP contribution < -0.4 is 5.73 Å². The van der Waals surface area contributed by atoms with Crippen molar-refractivity contribution < 1.29 is 0 Å². The lowest BCUT2D eigenvalue weighted by atomic mass is 9.78. The number of rotatable bonds is 4. The second kappa shape index (κ2) is 5.73. The molecular weight excluding hydrogens is 280 g/mol. The van der Waals surface area contributed by atoms with Crippen molar-refractivity contribution in [2.75, 3.05) is 25.4 Å². The summed E-state index contributed by atoms with van der Waals surface area (Å²) >= 11 is 1.50. The molecule has 0 aliphatic carbocycles. The maximum Gasteiger partial charge on any atom is 0.203 e. The molecule has 1 atom stereocenters. The SMILES string of the molecule is CC1(C)CN(CCc2nnc(N)s2)C[C@H]1c1ccccc1. The minimum atomic E-state index is 0.307. The molecule has 5 heteroatoms. The third kappa shape index (κ3) is 3.24. The molecule has 1 aliphatic rings. The molecule has 1 aliphatic heterocycles. The van der Waals surface area contributed by atoms with E-state index in [1.165, 1.54) is 16.9 Å². The number of hydrogen-bond acceptors (Lipinski definition) is 5. The van der Waals surface area contributed by atoms with Crippen molar-refractivity contribution in [1.82, 2.24) is 15.1 Å². The maximum atomic E-state index is 5.63. The first-order valence-corrected chi connectivity index (χ1v) is 8.21. The fourth-order valence-electron chi connectivity index (χ4n) is 3.29. The van der Waals surface area contributed by atoms with Crippen molar-refractivity contribution in [2.45, 2.75) is 26.2 Å². The number of nitrogens with zero attached hydrogens (tertiary/aromatic N) is 3. The summed E-state index contributed by atoms with van der Waals surface area (Å²) in [6.07, 6.45) is 0.937. The van der Waals surface area contributed by atoms with Crippen LogP contribution in [0.4, 0.5) is 5.13 Å². The van der Waals surface area contributed by atoms with Gasteiger partial charge in [-0.3, -0.25) is 0 Å². The molecule has 1 aromatic carbocycles. The van der Waals surface area contributed by atoms with Gasteiger partial charge in [-0.25, -0.2) is 0 Å². The predicted octanol–water partition coefficient (Wildman–Crippen LogP) is 2.79. The van der Waals surface area contributed by atoms with Gasteiger partial charge in [-0.2, -0.15) is 0 Å². The summed E-state index contributed by atoms with van der Waals surface area (Å²) in [5.74, 6) is 0.596. The lowest BCUT2D eigenvalue weighted by molar-refractivity contribution is 0.290. The molecule has 2 N–H and O–H groups in total. The van der Waals surface area contributed by atoms with Crippen LogP contribution in [-0.4, -0.2) is 34.7 Å². The van der Waals surface area contributed by atoms with Gasteiger partial charge in [0.05, 0.1) is 0 Å². The Morgan fingerprint density at radius 1 is 1.29 bits per heavy atom. The molecule has 0 radical (unpaired) electrons. The molecule has 0 amide bonds. The predicted molar refractivity (Wildman–Crippen MR) is 87.4 cm³/mol. The van der Waals surface area contributed by atoms with Crippen molar-refractivity contribution in [3.63, 3.8) is 0 Å². The highest BCUT2D eigenvalue weighted by Crippen LogP contribution is 2.42. The smallest absolute Gasteiger partial charge is 0.203 e. The third-order valence-corrected chi connectivity index (χ3v) is 5.15. The standard InChI is InChI=1S/C16H22N4S/c1-16(2)11-20(9-8-14-18-19-15(17)21-14)10-13(16)12-6-4-3-5-7-12/h3-7,13H,8-11H2,1-2H3,(H2,17,19)/t13-/m0/s1. The van der Waals surface area contributed by atoms with Gasteiger partial charge in [0.15, 0.2) is 0 Å². The molecule has 2 heterocycles. The summed E-state index contributed by atoms with van der Waals surface area (Å²) in [6, 6.07) is 10.9. The van der Waals surface area contributed by atoms with Crippen LogP contribution in [0.25, 0.3) is 0 Å². The molecule has 0 spiro atoms. The van der Waals surface area contributed by atoms with Gasteiger partial charge in [-0.1, -0.05) is 55.5 Å². The highest BCUT2D eigenvalue weighted by molar-refractivity contribution is 7.15. The summed E-state index contributed by atoms with van der Waals surface area (Å²) in [5.41, 5.74) is 7.39. The van der Waals surface area contributed by atoms with E-state index in [2.05, 4.69) is 59.3 Å². The zero-order chi connectivity index (χ0) is 14.9. The Balaban J connectivity index is 1.64. The molecule has 3 rings (SSSR count). The Labute approximate surface area is 130 Å². The average molecular weight is 302 g/mol. The first-order valence-electron chi connectivity index (χ1n) is 7.40. The first-order chi connectivity index (χ1) is 10.0. The Bertz CT molecular complexity index is 593. The van der Waals surface area contributed by atoms with Crippen molar-refractivity contribution in [2.24, 2.45) is 5.41 Å². The Morgan fingerprint density at radius 3 is 2.71 bits per heavy atom. The van der Waals surface area contributed by atoms with E-state index in [0.29, 0.717) is 16.5 Å². The summed E-state index contributed by atoms with van der Waals surface area (Å²) < 4.78 is 0. The van der Waals surface area contributed by atoms with Gasteiger partial charge in [-0.05, 0) is 11.0 Å².